The molecule has 1 N–H and O–H groups in total. The maximum atomic E-state index is 11.2. The minimum Gasteiger partial charge on any atom is -0.748 e. The summed E-state index contributed by atoms with van der Waals surface area (Å²) in [7, 11) is -4.63. The first-order valence-corrected chi connectivity index (χ1v) is 9.58. The van der Waals surface area contributed by atoms with Crippen LogP contribution in [0.3, 0.4) is 0 Å². The van der Waals surface area contributed by atoms with Gasteiger partial charge < -0.3 is 14.0 Å². The molecule has 0 saturated heterocycles. The molecule has 25 heavy (non-hydrogen) atoms. The molecule has 0 spiro atoms. The van der Waals surface area contributed by atoms with Crippen molar-refractivity contribution in [3.05, 3.63) is 30.6 Å². The first kappa shape index (κ1) is 23.0. The maximum Gasteiger partial charge on any atom is 0.320 e. The number of hydrogen-bond donors (Lipinski definition) is 0. The van der Waals surface area contributed by atoms with Crippen molar-refractivity contribution in [2.24, 2.45) is 0 Å². The molecule has 1 aromatic heterocycles. The molecule has 8 nitrogen and oxygen atoms in total. The average molecular weight is 375 g/mol. The van der Waals surface area contributed by atoms with Gasteiger partial charge in [0.25, 0.3) is 0 Å². The highest BCUT2D eigenvalue weighted by atomic mass is 32.2. The molecule has 0 fully saturated rings. The van der Waals surface area contributed by atoms with Crippen molar-refractivity contribution in [3.63, 3.8) is 0 Å². The molecule has 0 aliphatic rings. The highest BCUT2D eigenvalue weighted by molar-refractivity contribution is 7.86. The van der Waals surface area contributed by atoms with Crippen molar-refractivity contribution in [2.75, 3.05) is 19.0 Å². The van der Waals surface area contributed by atoms with Gasteiger partial charge in [-0.15, -0.1) is 0 Å². The van der Waals surface area contributed by atoms with Gasteiger partial charge in [0.1, 0.15) is 29.1 Å². The molecule has 0 atom stereocenters. The van der Waals surface area contributed by atoms with E-state index < -0.39 is 21.8 Å². The van der Waals surface area contributed by atoms with Gasteiger partial charge in [-0.1, -0.05) is 32.3 Å². The summed E-state index contributed by atoms with van der Waals surface area (Å²) in [6.07, 6.45) is 7.91. The third kappa shape index (κ3) is 18.2. The second-order valence-corrected chi connectivity index (χ2v) is 6.43. The number of nitrogens with one attached hydrogen (secondary N) is 1. The number of pyridine rings is 1. The number of hydrogen-bond acceptors (Lipinski definition) is 7. The van der Waals surface area contributed by atoms with Crippen LogP contribution in [-0.2, 0) is 29.2 Å². The summed E-state index contributed by atoms with van der Waals surface area (Å²) in [6, 6.07) is 5.86. The minimum atomic E-state index is -4.63. The van der Waals surface area contributed by atoms with Gasteiger partial charge in [-0.2, -0.15) is 0 Å². The fraction of sp³-hybridized carbons (Fsp3) is 0.562. The van der Waals surface area contributed by atoms with Crippen molar-refractivity contribution in [2.45, 2.75) is 39.0 Å². The van der Waals surface area contributed by atoms with Crippen LogP contribution in [0.2, 0.25) is 0 Å². The molecule has 0 aliphatic heterocycles. The Morgan fingerprint density at radius 1 is 0.960 bits per heavy atom. The lowest BCUT2D eigenvalue weighted by Crippen LogP contribution is -2.20. The quantitative estimate of drug-likeness (QED) is 0.340. The van der Waals surface area contributed by atoms with Crippen LogP contribution in [0.1, 0.15) is 39.0 Å². The average Bonchev–Trinajstić information content (AvgIpc) is 2.56. The monoisotopic (exact) mass is 375 g/mol. The number of carbonyl (C=O) groups is 2. The fourth-order valence-electron chi connectivity index (χ4n) is 1.61. The maximum absolute atomic E-state index is 11.2. The fourth-order valence-corrected chi connectivity index (χ4v) is 1.98. The first-order chi connectivity index (χ1) is 11.8. The van der Waals surface area contributed by atoms with E-state index in [4.69, 9.17) is 4.74 Å². The third-order valence-electron chi connectivity index (χ3n) is 2.75. The van der Waals surface area contributed by atoms with E-state index in [1.807, 2.05) is 30.6 Å². The summed E-state index contributed by atoms with van der Waals surface area (Å²) in [5, 5.41) is 0. The van der Waals surface area contributed by atoms with Crippen molar-refractivity contribution in [1.29, 1.82) is 0 Å². The molecule has 9 heteroatoms. The summed E-state index contributed by atoms with van der Waals surface area (Å²) in [6.45, 7) is 1.67. The van der Waals surface area contributed by atoms with E-state index in [0.717, 1.165) is 25.7 Å². The molecule has 0 aromatic carbocycles. The van der Waals surface area contributed by atoms with Gasteiger partial charge in [0.15, 0.2) is 12.4 Å². The third-order valence-corrected chi connectivity index (χ3v) is 3.33. The number of unbranched alkanes of at least 4 members (excludes halogenated alkanes) is 3. The summed E-state index contributed by atoms with van der Waals surface area (Å²) in [4.78, 5) is 24.9. The molecular formula is C16H25NO7S. The predicted molar refractivity (Wildman–Crippen MR) is 88.2 cm³/mol. The highest BCUT2D eigenvalue weighted by Crippen LogP contribution is 2.03. The van der Waals surface area contributed by atoms with Gasteiger partial charge in [0, 0.05) is 18.6 Å². The molecule has 0 unspecified atom stereocenters. The topological polar surface area (TPSA) is 124 Å². The van der Waals surface area contributed by atoms with Crippen LogP contribution in [0.4, 0.5) is 0 Å². The summed E-state index contributed by atoms with van der Waals surface area (Å²) >= 11 is 0. The number of aromatic nitrogens is 1. The van der Waals surface area contributed by atoms with Crippen LogP contribution >= 0.6 is 0 Å². The molecule has 1 rings (SSSR count). The predicted octanol–water partition coefficient (Wildman–Crippen LogP) is 1.09. The summed E-state index contributed by atoms with van der Waals surface area (Å²) < 4.78 is 39.8. The van der Waals surface area contributed by atoms with Crippen molar-refractivity contribution >= 4 is 22.1 Å². The Kier molecular flexibility index (Phi) is 13.2. The SMILES string of the molecule is CCCCCCC(=O)OCCOC(=O)CS(=O)(=O)[O-].c1cc[nH+]cc1. The second-order valence-electron chi connectivity index (χ2n) is 5.03. The Morgan fingerprint density at radius 2 is 1.56 bits per heavy atom. The number of esters is 2. The van der Waals surface area contributed by atoms with Gasteiger partial charge in [0.05, 0.1) is 0 Å². The van der Waals surface area contributed by atoms with Crippen LogP contribution in [0.15, 0.2) is 30.6 Å². The lowest BCUT2D eigenvalue weighted by molar-refractivity contribution is -0.377. The molecule has 0 amide bonds. The summed E-state index contributed by atoms with van der Waals surface area (Å²) in [5.74, 6) is -2.74. The lowest BCUT2D eigenvalue weighted by Gasteiger charge is -2.08. The minimum absolute atomic E-state index is 0.142. The van der Waals surface area contributed by atoms with E-state index in [2.05, 4.69) is 16.6 Å². The second kappa shape index (κ2) is 14.4. The van der Waals surface area contributed by atoms with Crippen molar-refractivity contribution < 1.29 is 37.0 Å². The first-order valence-electron chi connectivity index (χ1n) is 8.01. The molecule has 1 heterocycles. The number of H-pyrrole nitrogens is 1. The number of carbonyl (C=O) groups excluding carboxylic acids is 2. The molecule has 0 saturated carbocycles. The van der Waals surface area contributed by atoms with E-state index in [1.54, 1.807) is 0 Å². The molecule has 1 aromatic rings. The Hall–Kier alpha value is -2.00. The van der Waals surface area contributed by atoms with Gasteiger partial charge in [-0.3, -0.25) is 9.59 Å². The Bertz CT molecular complexity index is 549. The number of rotatable bonds is 10. The van der Waals surface area contributed by atoms with Crippen LogP contribution in [0.25, 0.3) is 0 Å². The van der Waals surface area contributed by atoms with Gasteiger partial charge in [0.2, 0.25) is 0 Å². The largest absolute Gasteiger partial charge is 0.748 e. The van der Waals surface area contributed by atoms with Gasteiger partial charge >= 0.3 is 11.9 Å². The Balaban J connectivity index is 0.000000796. The van der Waals surface area contributed by atoms with Gasteiger partial charge in [-0.25, -0.2) is 13.4 Å². The zero-order valence-corrected chi connectivity index (χ0v) is 15.1. The highest BCUT2D eigenvalue weighted by Gasteiger charge is 2.08. The molecule has 0 radical (unpaired) electrons. The van der Waals surface area contributed by atoms with Crippen molar-refractivity contribution in [1.82, 2.24) is 0 Å². The number of aromatic amines is 1. The number of ether oxygens (including phenoxy) is 2. The van der Waals surface area contributed by atoms with E-state index >= 15 is 0 Å². The molecular weight excluding hydrogens is 350 g/mol. The van der Waals surface area contributed by atoms with Crippen LogP contribution in [-0.4, -0.2) is 43.9 Å². The molecule has 0 aliphatic carbocycles. The van der Waals surface area contributed by atoms with Crippen LogP contribution in [0.5, 0.6) is 0 Å². The van der Waals surface area contributed by atoms with Gasteiger partial charge in [-0.05, 0) is 6.42 Å². The van der Waals surface area contributed by atoms with Crippen LogP contribution in [0, 0.1) is 0 Å². The van der Waals surface area contributed by atoms with E-state index in [0.29, 0.717) is 6.42 Å². The smallest absolute Gasteiger partial charge is 0.320 e. The molecule has 142 valence electrons. The van der Waals surface area contributed by atoms with E-state index in [9.17, 15) is 22.6 Å². The Labute approximate surface area is 148 Å². The normalized spacial score (nSPS) is 10.3. The summed E-state index contributed by atoms with van der Waals surface area (Å²) in [5.41, 5.74) is 0. The molecule has 0 bridgehead atoms. The Morgan fingerprint density at radius 3 is 2.00 bits per heavy atom. The lowest BCUT2D eigenvalue weighted by atomic mass is 10.2. The van der Waals surface area contributed by atoms with E-state index in [1.165, 1.54) is 0 Å². The van der Waals surface area contributed by atoms with E-state index in [-0.39, 0.29) is 19.2 Å². The van der Waals surface area contributed by atoms with Crippen molar-refractivity contribution in [3.8, 4) is 0 Å². The zero-order chi connectivity index (χ0) is 19.0. The standard InChI is InChI=1S/C11H20O7S.C5H5N/c1-2-3-4-5-6-10(12)17-7-8-18-11(13)9-19(14,15)16;1-2-4-6-5-3-1/h2-9H2,1H3,(H,14,15,16);1-5H. The zero-order valence-electron chi connectivity index (χ0n) is 14.3. The van der Waals surface area contributed by atoms with Crippen LogP contribution < -0.4 is 4.98 Å².